The highest BCUT2D eigenvalue weighted by Gasteiger charge is 2.29. The maximum Gasteiger partial charge on any atom is 0.236 e. The van der Waals surface area contributed by atoms with E-state index in [1.165, 1.54) is 42.2 Å². The molecule has 0 N–H and O–H groups in total. The molecule has 1 atom stereocenters. The van der Waals surface area contributed by atoms with Gasteiger partial charge in [-0.15, -0.1) is 10.2 Å². The lowest BCUT2D eigenvalue weighted by atomic mass is 9.94. The monoisotopic (exact) mass is 463 g/mol. The Morgan fingerprint density at radius 1 is 1.09 bits per heavy atom. The van der Waals surface area contributed by atoms with Crippen molar-refractivity contribution in [3.8, 4) is 17.1 Å². The van der Waals surface area contributed by atoms with Crippen molar-refractivity contribution < 1.29 is 4.79 Å². The molecule has 1 fully saturated rings. The number of pyridine rings is 1. The molecule has 1 saturated carbocycles. The molecule has 2 aromatic heterocycles. The van der Waals surface area contributed by atoms with Gasteiger partial charge in [-0.3, -0.25) is 14.3 Å². The van der Waals surface area contributed by atoms with Crippen LogP contribution < -0.4 is 0 Å². The molecule has 0 spiro atoms. The summed E-state index contributed by atoms with van der Waals surface area (Å²) in [5.41, 5.74) is 4.38. The van der Waals surface area contributed by atoms with E-state index in [0.717, 1.165) is 41.6 Å². The lowest BCUT2D eigenvalue weighted by molar-refractivity contribution is -0.133. The third-order valence-corrected chi connectivity index (χ3v) is 7.62. The quantitative estimate of drug-likeness (QED) is 0.426. The second kappa shape index (κ2) is 10.5. The molecule has 1 aliphatic rings. The van der Waals surface area contributed by atoms with Crippen molar-refractivity contribution in [3.05, 3.63) is 53.9 Å². The summed E-state index contributed by atoms with van der Waals surface area (Å²) in [5.74, 6) is 0.942. The molecule has 1 unspecified atom stereocenters. The van der Waals surface area contributed by atoms with E-state index >= 15 is 0 Å². The maximum absolute atomic E-state index is 13.4. The molecule has 0 radical (unpaired) electrons. The summed E-state index contributed by atoms with van der Waals surface area (Å²) in [7, 11) is 0. The van der Waals surface area contributed by atoms with Gasteiger partial charge in [0.15, 0.2) is 11.0 Å². The van der Waals surface area contributed by atoms with Gasteiger partial charge in [0.25, 0.3) is 0 Å². The van der Waals surface area contributed by atoms with Crippen molar-refractivity contribution in [2.75, 3.05) is 6.54 Å². The minimum Gasteiger partial charge on any atom is -0.339 e. The van der Waals surface area contributed by atoms with Crippen LogP contribution in [-0.4, -0.2) is 48.4 Å². The van der Waals surface area contributed by atoms with Crippen molar-refractivity contribution in [3.63, 3.8) is 0 Å². The van der Waals surface area contributed by atoms with Crippen LogP contribution in [0.4, 0.5) is 0 Å². The summed E-state index contributed by atoms with van der Waals surface area (Å²) in [6, 6.07) is 10.6. The Bertz CT molecular complexity index is 1090. The zero-order chi connectivity index (χ0) is 23.4. The SMILES string of the molecule is CCN(C(=O)C(C)Sc1nnc(-c2ccncc2)n1-c1ccc(C)c(C)c1)C1CCCCC1. The van der Waals surface area contributed by atoms with Crippen LogP contribution >= 0.6 is 11.8 Å². The van der Waals surface area contributed by atoms with E-state index < -0.39 is 0 Å². The van der Waals surface area contributed by atoms with E-state index in [-0.39, 0.29) is 11.2 Å². The van der Waals surface area contributed by atoms with Gasteiger partial charge in [0, 0.05) is 30.5 Å². The first kappa shape index (κ1) is 23.5. The zero-order valence-electron chi connectivity index (χ0n) is 20.0. The largest absolute Gasteiger partial charge is 0.339 e. The molecule has 4 rings (SSSR count). The molecule has 7 heteroatoms. The van der Waals surface area contributed by atoms with Gasteiger partial charge in [0.1, 0.15) is 0 Å². The lowest BCUT2D eigenvalue weighted by Crippen LogP contribution is -2.44. The zero-order valence-corrected chi connectivity index (χ0v) is 20.8. The average Bonchev–Trinajstić information content (AvgIpc) is 3.26. The average molecular weight is 464 g/mol. The number of amides is 1. The fourth-order valence-corrected chi connectivity index (χ4v) is 5.50. The third kappa shape index (κ3) is 5.13. The number of aromatic nitrogens is 4. The number of carbonyl (C=O) groups excluding carboxylic acids is 1. The molecular formula is C26H33N5OS. The molecule has 1 amide bonds. The third-order valence-electron chi connectivity index (χ3n) is 6.59. The van der Waals surface area contributed by atoms with Gasteiger partial charge in [0.05, 0.1) is 10.9 Å². The molecule has 174 valence electrons. The molecular weight excluding hydrogens is 430 g/mol. The van der Waals surface area contributed by atoms with Crippen LogP contribution in [0.3, 0.4) is 0 Å². The Balaban J connectivity index is 1.66. The van der Waals surface area contributed by atoms with Gasteiger partial charge in [-0.2, -0.15) is 0 Å². The smallest absolute Gasteiger partial charge is 0.236 e. The Morgan fingerprint density at radius 3 is 2.48 bits per heavy atom. The molecule has 3 aromatic rings. The van der Waals surface area contributed by atoms with Gasteiger partial charge < -0.3 is 4.90 Å². The van der Waals surface area contributed by atoms with Crippen LogP contribution in [0.5, 0.6) is 0 Å². The Hall–Kier alpha value is -2.67. The molecule has 2 heterocycles. The fraction of sp³-hybridized carbons (Fsp3) is 0.462. The summed E-state index contributed by atoms with van der Waals surface area (Å²) >= 11 is 1.49. The summed E-state index contributed by atoms with van der Waals surface area (Å²) in [5, 5.41) is 9.53. The number of carbonyl (C=O) groups is 1. The minimum atomic E-state index is -0.244. The van der Waals surface area contributed by atoms with E-state index in [2.05, 4.69) is 63.6 Å². The second-order valence-corrected chi connectivity index (χ2v) is 10.1. The predicted molar refractivity (Wildman–Crippen MR) is 134 cm³/mol. The van der Waals surface area contributed by atoms with Crippen LogP contribution in [0, 0.1) is 13.8 Å². The lowest BCUT2D eigenvalue weighted by Gasteiger charge is -2.35. The molecule has 0 aliphatic heterocycles. The standard InChI is InChI=1S/C26H33N5OS/c1-5-30(22-9-7-6-8-10-22)25(32)20(4)33-26-29-28-24(21-13-15-27-16-14-21)31(26)23-12-11-18(2)19(3)17-23/h11-17,20,22H,5-10H2,1-4H3. The van der Waals surface area contributed by atoms with Crippen LogP contribution in [0.1, 0.15) is 57.1 Å². The number of aryl methyl sites for hydroxylation is 2. The highest BCUT2D eigenvalue weighted by atomic mass is 32.2. The molecule has 0 saturated heterocycles. The first-order valence-electron chi connectivity index (χ1n) is 11.9. The topological polar surface area (TPSA) is 63.9 Å². The maximum atomic E-state index is 13.4. The Morgan fingerprint density at radius 2 is 1.82 bits per heavy atom. The number of thioether (sulfide) groups is 1. The summed E-state index contributed by atoms with van der Waals surface area (Å²) in [6.45, 7) is 9.04. The van der Waals surface area contributed by atoms with Crippen molar-refractivity contribution in [1.29, 1.82) is 0 Å². The Labute approximate surface area is 200 Å². The molecule has 1 aromatic carbocycles. The van der Waals surface area contributed by atoms with Crippen molar-refractivity contribution in [2.24, 2.45) is 0 Å². The predicted octanol–water partition coefficient (Wildman–Crippen LogP) is 5.61. The summed E-state index contributed by atoms with van der Waals surface area (Å²) in [6.07, 6.45) is 9.46. The van der Waals surface area contributed by atoms with Gasteiger partial charge in [0.2, 0.25) is 5.91 Å². The van der Waals surface area contributed by atoms with E-state index in [4.69, 9.17) is 0 Å². The number of hydrogen-bond donors (Lipinski definition) is 0. The summed E-state index contributed by atoms with van der Waals surface area (Å²) in [4.78, 5) is 19.7. The second-order valence-electron chi connectivity index (χ2n) is 8.82. The van der Waals surface area contributed by atoms with E-state index in [1.54, 1.807) is 12.4 Å². The van der Waals surface area contributed by atoms with Crippen LogP contribution in [0.2, 0.25) is 0 Å². The molecule has 33 heavy (non-hydrogen) atoms. The van der Waals surface area contributed by atoms with Gasteiger partial charge in [-0.1, -0.05) is 37.1 Å². The number of nitrogens with zero attached hydrogens (tertiary/aromatic N) is 5. The van der Waals surface area contributed by atoms with Gasteiger partial charge in [-0.25, -0.2) is 0 Å². The first-order valence-corrected chi connectivity index (χ1v) is 12.8. The highest BCUT2D eigenvalue weighted by molar-refractivity contribution is 8.00. The normalized spacial score (nSPS) is 15.4. The van der Waals surface area contributed by atoms with Crippen LogP contribution in [0.25, 0.3) is 17.1 Å². The van der Waals surface area contributed by atoms with Crippen molar-refractivity contribution in [2.45, 2.75) is 76.2 Å². The van der Waals surface area contributed by atoms with Crippen molar-refractivity contribution >= 4 is 17.7 Å². The molecule has 0 bridgehead atoms. The van der Waals surface area contributed by atoms with Gasteiger partial charge in [-0.05, 0) is 75.9 Å². The Kier molecular flexibility index (Phi) is 7.48. The van der Waals surface area contributed by atoms with Gasteiger partial charge >= 0.3 is 0 Å². The van der Waals surface area contributed by atoms with Crippen LogP contribution in [0.15, 0.2) is 47.9 Å². The van der Waals surface area contributed by atoms with Crippen molar-refractivity contribution in [1.82, 2.24) is 24.6 Å². The van der Waals surface area contributed by atoms with E-state index in [1.807, 2.05) is 19.1 Å². The van der Waals surface area contributed by atoms with E-state index in [0.29, 0.717) is 6.04 Å². The molecule has 1 aliphatic carbocycles. The first-order chi connectivity index (χ1) is 16.0. The minimum absolute atomic E-state index is 0.189. The number of benzene rings is 1. The fourth-order valence-electron chi connectivity index (χ4n) is 4.56. The summed E-state index contributed by atoms with van der Waals surface area (Å²) < 4.78 is 2.06. The molecule has 6 nitrogen and oxygen atoms in total. The number of rotatable bonds is 7. The highest BCUT2D eigenvalue weighted by Crippen LogP contribution is 2.32. The number of hydrogen-bond acceptors (Lipinski definition) is 5. The van der Waals surface area contributed by atoms with Crippen LogP contribution in [-0.2, 0) is 4.79 Å². The van der Waals surface area contributed by atoms with E-state index in [9.17, 15) is 4.79 Å².